The highest BCUT2D eigenvalue weighted by Gasteiger charge is 2.26. The summed E-state index contributed by atoms with van der Waals surface area (Å²) < 4.78 is 0. The zero-order chi connectivity index (χ0) is 9.68. The average Bonchev–Trinajstić information content (AvgIpc) is 2.21. The summed E-state index contributed by atoms with van der Waals surface area (Å²) in [5, 5.41) is 10.1. The minimum absolute atomic E-state index is 0.143. The lowest BCUT2D eigenvalue weighted by molar-refractivity contribution is 0.0348. The van der Waals surface area contributed by atoms with Gasteiger partial charge in [0.1, 0.15) is 0 Å². The molecule has 0 aliphatic heterocycles. The molecule has 1 fully saturated rings. The summed E-state index contributed by atoms with van der Waals surface area (Å²) in [6, 6.07) is 0. The Kier molecular flexibility index (Phi) is 4.74. The van der Waals surface area contributed by atoms with Gasteiger partial charge >= 0.3 is 0 Å². The van der Waals surface area contributed by atoms with E-state index in [2.05, 4.69) is 6.92 Å². The lowest BCUT2D eigenvalue weighted by Crippen LogP contribution is -2.34. The van der Waals surface area contributed by atoms with Crippen molar-refractivity contribution in [2.75, 3.05) is 6.54 Å². The number of rotatable bonds is 4. The predicted molar refractivity (Wildman–Crippen MR) is 55.4 cm³/mol. The number of aliphatic hydroxyl groups is 1. The summed E-state index contributed by atoms with van der Waals surface area (Å²) in [4.78, 5) is 0. The molecule has 0 aromatic carbocycles. The van der Waals surface area contributed by atoms with Crippen LogP contribution in [0, 0.1) is 11.8 Å². The van der Waals surface area contributed by atoms with E-state index in [0.717, 1.165) is 6.42 Å². The molecular weight excluding hydrogens is 162 g/mol. The smallest absolute Gasteiger partial charge is 0.0608 e. The maximum Gasteiger partial charge on any atom is 0.0608 e. The quantitative estimate of drug-likeness (QED) is 0.703. The highest BCUT2D eigenvalue weighted by molar-refractivity contribution is 4.78. The number of hydrogen-bond acceptors (Lipinski definition) is 2. The minimum atomic E-state index is -0.143. The van der Waals surface area contributed by atoms with Gasteiger partial charge < -0.3 is 10.8 Å². The Morgan fingerprint density at radius 1 is 1.31 bits per heavy atom. The van der Waals surface area contributed by atoms with Gasteiger partial charge in [0.05, 0.1) is 6.10 Å². The van der Waals surface area contributed by atoms with Gasteiger partial charge in [-0.05, 0) is 37.6 Å². The summed E-state index contributed by atoms with van der Waals surface area (Å²) >= 11 is 0. The monoisotopic (exact) mass is 185 g/mol. The van der Waals surface area contributed by atoms with Gasteiger partial charge in [0.15, 0.2) is 0 Å². The van der Waals surface area contributed by atoms with Crippen LogP contribution in [0.1, 0.15) is 45.4 Å². The second-order valence-corrected chi connectivity index (χ2v) is 4.29. The number of hydrogen-bond donors (Lipinski definition) is 2. The van der Waals surface area contributed by atoms with E-state index in [0.29, 0.717) is 18.4 Å². The molecule has 1 saturated carbocycles. The van der Waals surface area contributed by atoms with Crippen LogP contribution in [0.5, 0.6) is 0 Å². The third-order valence-electron chi connectivity index (χ3n) is 3.44. The standard InChI is InChI=1S/C11H23NO/c1-2-9(8-12)11(13)10-6-4-3-5-7-10/h9-11,13H,2-8,12H2,1H3. The van der Waals surface area contributed by atoms with Crippen LogP contribution >= 0.6 is 0 Å². The van der Waals surface area contributed by atoms with E-state index in [9.17, 15) is 5.11 Å². The zero-order valence-electron chi connectivity index (χ0n) is 8.71. The van der Waals surface area contributed by atoms with Crippen molar-refractivity contribution in [1.29, 1.82) is 0 Å². The number of nitrogens with two attached hydrogens (primary N) is 1. The topological polar surface area (TPSA) is 46.2 Å². The van der Waals surface area contributed by atoms with E-state index in [1.807, 2.05) is 0 Å². The summed E-state index contributed by atoms with van der Waals surface area (Å²) in [5.74, 6) is 0.852. The van der Waals surface area contributed by atoms with Crippen LogP contribution in [0.4, 0.5) is 0 Å². The van der Waals surface area contributed by atoms with Gasteiger partial charge in [-0.25, -0.2) is 0 Å². The molecule has 2 unspecified atom stereocenters. The molecule has 0 saturated heterocycles. The van der Waals surface area contributed by atoms with Crippen LogP contribution in [0.2, 0.25) is 0 Å². The van der Waals surface area contributed by atoms with E-state index in [1.54, 1.807) is 0 Å². The van der Waals surface area contributed by atoms with Gasteiger partial charge in [-0.2, -0.15) is 0 Å². The van der Waals surface area contributed by atoms with Gasteiger partial charge in [0.2, 0.25) is 0 Å². The van der Waals surface area contributed by atoms with E-state index in [4.69, 9.17) is 5.73 Å². The maximum absolute atomic E-state index is 10.1. The molecule has 0 aromatic heterocycles. The van der Waals surface area contributed by atoms with Crippen molar-refractivity contribution in [1.82, 2.24) is 0 Å². The highest BCUT2D eigenvalue weighted by atomic mass is 16.3. The Morgan fingerprint density at radius 2 is 1.92 bits per heavy atom. The van der Waals surface area contributed by atoms with Crippen molar-refractivity contribution >= 4 is 0 Å². The van der Waals surface area contributed by atoms with Crippen LogP contribution in [-0.4, -0.2) is 17.8 Å². The first-order valence-corrected chi connectivity index (χ1v) is 5.67. The molecule has 3 N–H and O–H groups in total. The fourth-order valence-corrected chi connectivity index (χ4v) is 2.41. The summed E-state index contributed by atoms with van der Waals surface area (Å²) in [6.45, 7) is 2.75. The van der Waals surface area contributed by atoms with Crippen molar-refractivity contribution in [3.63, 3.8) is 0 Å². The number of aliphatic hydroxyl groups excluding tert-OH is 1. The normalized spacial score (nSPS) is 24.2. The van der Waals surface area contributed by atoms with Crippen molar-refractivity contribution in [2.45, 2.75) is 51.6 Å². The molecule has 13 heavy (non-hydrogen) atoms. The van der Waals surface area contributed by atoms with Gasteiger partial charge in [0.25, 0.3) is 0 Å². The van der Waals surface area contributed by atoms with Crippen LogP contribution in [-0.2, 0) is 0 Å². The van der Waals surface area contributed by atoms with E-state index >= 15 is 0 Å². The predicted octanol–water partition coefficient (Wildman–Crippen LogP) is 1.91. The van der Waals surface area contributed by atoms with Crippen molar-refractivity contribution in [3.05, 3.63) is 0 Å². The van der Waals surface area contributed by atoms with E-state index < -0.39 is 0 Å². The third-order valence-corrected chi connectivity index (χ3v) is 3.44. The Morgan fingerprint density at radius 3 is 2.38 bits per heavy atom. The second-order valence-electron chi connectivity index (χ2n) is 4.29. The summed E-state index contributed by atoms with van der Waals surface area (Å²) in [5.41, 5.74) is 5.63. The molecule has 0 heterocycles. The van der Waals surface area contributed by atoms with Crippen LogP contribution in [0.25, 0.3) is 0 Å². The van der Waals surface area contributed by atoms with Crippen LogP contribution < -0.4 is 5.73 Å². The molecular formula is C11H23NO. The lowest BCUT2D eigenvalue weighted by atomic mass is 9.79. The molecule has 2 heteroatoms. The van der Waals surface area contributed by atoms with Crippen molar-refractivity contribution < 1.29 is 5.11 Å². The zero-order valence-corrected chi connectivity index (χ0v) is 8.71. The van der Waals surface area contributed by atoms with Gasteiger partial charge in [0, 0.05) is 0 Å². The first kappa shape index (κ1) is 11.0. The average molecular weight is 185 g/mol. The van der Waals surface area contributed by atoms with Crippen LogP contribution in [0.3, 0.4) is 0 Å². The van der Waals surface area contributed by atoms with E-state index in [-0.39, 0.29) is 6.10 Å². The molecule has 1 rings (SSSR count). The molecule has 2 atom stereocenters. The van der Waals surface area contributed by atoms with Crippen molar-refractivity contribution in [3.8, 4) is 0 Å². The SMILES string of the molecule is CCC(CN)C(O)C1CCCCC1. The summed E-state index contributed by atoms with van der Waals surface area (Å²) in [7, 11) is 0. The van der Waals surface area contributed by atoms with Crippen molar-refractivity contribution in [2.24, 2.45) is 17.6 Å². The lowest BCUT2D eigenvalue weighted by Gasteiger charge is -2.31. The molecule has 1 aliphatic rings. The third kappa shape index (κ3) is 2.96. The summed E-state index contributed by atoms with van der Waals surface area (Å²) in [6.07, 6.45) is 7.22. The van der Waals surface area contributed by atoms with Crippen LogP contribution in [0.15, 0.2) is 0 Å². The van der Waals surface area contributed by atoms with E-state index in [1.165, 1.54) is 32.1 Å². The Bertz CT molecular complexity index is 128. The molecule has 0 amide bonds. The van der Waals surface area contributed by atoms with Gasteiger partial charge in [-0.3, -0.25) is 0 Å². The Labute approximate surface area is 81.5 Å². The first-order valence-electron chi connectivity index (χ1n) is 5.67. The molecule has 78 valence electrons. The highest BCUT2D eigenvalue weighted by Crippen LogP contribution is 2.30. The fourth-order valence-electron chi connectivity index (χ4n) is 2.41. The molecule has 2 nitrogen and oxygen atoms in total. The second kappa shape index (κ2) is 5.61. The Balaban J connectivity index is 2.38. The van der Waals surface area contributed by atoms with Gasteiger partial charge in [-0.1, -0.05) is 26.2 Å². The molecule has 1 aliphatic carbocycles. The molecule has 0 aromatic rings. The minimum Gasteiger partial charge on any atom is -0.393 e. The molecule has 0 radical (unpaired) electrons. The fraction of sp³-hybridized carbons (Fsp3) is 1.00. The maximum atomic E-state index is 10.1. The first-order chi connectivity index (χ1) is 6.29. The molecule has 0 bridgehead atoms. The Hall–Kier alpha value is -0.0800. The van der Waals surface area contributed by atoms with Gasteiger partial charge in [-0.15, -0.1) is 0 Å². The molecule has 0 spiro atoms. The largest absolute Gasteiger partial charge is 0.393 e.